The van der Waals surface area contributed by atoms with Crippen LogP contribution in [-0.4, -0.2) is 30.8 Å². The number of nitrogens with two attached hydrogens (primary N) is 1. The first-order valence-corrected chi connectivity index (χ1v) is 9.41. The minimum absolute atomic E-state index is 0.00705. The van der Waals surface area contributed by atoms with E-state index in [0.29, 0.717) is 11.5 Å². The van der Waals surface area contributed by atoms with Crippen molar-refractivity contribution in [2.45, 2.75) is 11.4 Å². The highest BCUT2D eigenvalue weighted by molar-refractivity contribution is 7.99. The maximum Gasteiger partial charge on any atom is 0.336 e. The molecule has 2 atom stereocenters. The molecule has 0 amide bonds. The molecule has 0 unspecified atom stereocenters. The average molecular weight is 385 g/mol. The lowest BCUT2D eigenvalue weighted by Gasteiger charge is -2.11. The van der Waals surface area contributed by atoms with Crippen LogP contribution in [0.2, 0.25) is 0 Å². The largest absolute Gasteiger partial charge is 0.544 e. The lowest BCUT2D eigenvalue weighted by atomic mass is 10.2. The van der Waals surface area contributed by atoms with E-state index in [0.717, 1.165) is 16.9 Å². The molecule has 1 aliphatic rings. The van der Waals surface area contributed by atoms with Crippen LogP contribution in [0.1, 0.15) is 16.5 Å². The number of carboxylic acids is 1. The molecule has 0 aromatic heterocycles. The second-order valence-electron chi connectivity index (χ2n) is 5.97. The van der Waals surface area contributed by atoms with Gasteiger partial charge in [-0.25, -0.2) is 4.79 Å². The summed E-state index contributed by atoms with van der Waals surface area (Å²) >= 11 is 1.56. The van der Waals surface area contributed by atoms with Crippen molar-refractivity contribution in [1.82, 2.24) is 0 Å². The number of rotatable bonds is 6. The number of carbonyl (C=O) groups excluding carboxylic acids is 2. The van der Waals surface area contributed by atoms with E-state index < -0.39 is 18.0 Å². The van der Waals surface area contributed by atoms with Crippen LogP contribution >= 0.6 is 11.8 Å². The molecule has 1 fully saturated rings. The molecular weight excluding hydrogens is 366 g/mol. The van der Waals surface area contributed by atoms with Crippen molar-refractivity contribution in [3.05, 3.63) is 65.7 Å². The summed E-state index contributed by atoms with van der Waals surface area (Å²) in [7, 11) is 1.60. The molecule has 1 saturated heterocycles. The van der Waals surface area contributed by atoms with Crippen molar-refractivity contribution in [2.75, 3.05) is 12.9 Å². The van der Waals surface area contributed by atoms with E-state index in [-0.39, 0.29) is 5.37 Å². The second-order valence-corrected chi connectivity index (χ2v) is 7.14. The number of methoxy groups -OCH3 is 1. The number of carbonyl (C=O) groups is 2. The first-order chi connectivity index (χ1) is 13.0. The zero-order chi connectivity index (χ0) is 19.2. The minimum atomic E-state index is -1.04. The van der Waals surface area contributed by atoms with Gasteiger partial charge in [0.1, 0.15) is 23.5 Å². The molecule has 6 nitrogen and oxygen atoms in total. The quantitative estimate of drug-likeness (QED) is 0.448. The number of carboxylic acid groups (broad SMARTS) is 1. The lowest BCUT2D eigenvalue weighted by Crippen LogP contribution is -2.90. The first-order valence-electron chi connectivity index (χ1n) is 8.36. The van der Waals surface area contributed by atoms with E-state index in [9.17, 15) is 14.7 Å². The maximum atomic E-state index is 12.0. The fourth-order valence-electron chi connectivity index (χ4n) is 2.64. The number of hydrogen-bond acceptors (Lipinski definition) is 6. The van der Waals surface area contributed by atoms with Crippen molar-refractivity contribution >= 4 is 29.8 Å². The molecule has 1 aliphatic heterocycles. The van der Waals surface area contributed by atoms with Crippen LogP contribution in [0.5, 0.6) is 11.5 Å². The van der Waals surface area contributed by atoms with E-state index in [1.807, 2.05) is 36.4 Å². The third kappa shape index (κ3) is 5.12. The summed E-state index contributed by atoms with van der Waals surface area (Å²) in [5, 5.41) is 12.7. The zero-order valence-electron chi connectivity index (χ0n) is 14.7. The SMILES string of the molecule is COc1ccc(/C=C\C(=O)Oc2ccc([C@H]3[NH2+][C@H](C(=O)[O-])CS3)cc2)cc1. The summed E-state index contributed by atoms with van der Waals surface area (Å²) in [6.07, 6.45) is 3.03. The summed E-state index contributed by atoms with van der Waals surface area (Å²) in [6.45, 7) is 0. The zero-order valence-corrected chi connectivity index (χ0v) is 15.5. The van der Waals surface area contributed by atoms with E-state index >= 15 is 0 Å². The van der Waals surface area contributed by atoms with Crippen LogP contribution < -0.4 is 19.9 Å². The van der Waals surface area contributed by atoms with E-state index in [1.54, 1.807) is 42.4 Å². The molecule has 3 rings (SSSR count). The first kappa shape index (κ1) is 19.0. The van der Waals surface area contributed by atoms with Gasteiger partial charge in [-0.3, -0.25) is 0 Å². The average Bonchev–Trinajstić information content (AvgIpc) is 3.18. The molecule has 1 heterocycles. The molecule has 0 spiro atoms. The molecule has 2 aromatic carbocycles. The van der Waals surface area contributed by atoms with Gasteiger partial charge in [0.2, 0.25) is 0 Å². The maximum absolute atomic E-state index is 12.0. The Hall–Kier alpha value is -2.77. The number of quaternary nitrogens is 1. The van der Waals surface area contributed by atoms with Gasteiger partial charge in [-0.2, -0.15) is 0 Å². The molecule has 27 heavy (non-hydrogen) atoms. The van der Waals surface area contributed by atoms with Crippen LogP contribution in [0.25, 0.3) is 6.08 Å². The normalized spacial score (nSPS) is 19.1. The third-order valence-corrected chi connectivity index (χ3v) is 5.46. The van der Waals surface area contributed by atoms with Gasteiger partial charge in [-0.1, -0.05) is 23.9 Å². The van der Waals surface area contributed by atoms with Crippen LogP contribution in [0, 0.1) is 0 Å². The van der Waals surface area contributed by atoms with Crippen LogP contribution in [0.15, 0.2) is 54.6 Å². The molecule has 2 aromatic rings. The molecule has 2 N–H and O–H groups in total. The fourth-order valence-corrected chi connectivity index (χ4v) is 3.95. The van der Waals surface area contributed by atoms with Crippen molar-refractivity contribution < 1.29 is 29.5 Å². The molecule has 0 radical (unpaired) electrons. The van der Waals surface area contributed by atoms with Crippen LogP contribution in [-0.2, 0) is 9.59 Å². The lowest BCUT2D eigenvalue weighted by molar-refractivity contribution is -0.690. The number of aliphatic carboxylic acids is 1. The number of ether oxygens (including phenoxy) is 2. The fraction of sp³-hybridized carbons (Fsp3) is 0.200. The smallest absolute Gasteiger partial charge is 0.336 e. The van der Waals surface area contributed by atoms with Crippen molar-refractivity contribution in [3.8, 4) is 11.5 Å². The molecule has 0 aliphatic carbocycles. The predicted octanol–water partition coefficient (Wildman–Crippen LogP) is 0.741. The van der Waals surface area contributed by atoms with Gasteiger partial charge in [0.25, 0.3) is 0 Å². The van der Waals surface area contributed by atoms with E-state index in [2.05, 4.69) is 0 Å². The van der Waals surface area contributed by atoms with E-state index in [4.69, 9.17) is 9.47 Å². The molecule has 140 valence electrons. The number of benzene rings is 2. The number of thioether (sulfide) groups is 1. The molecular formula is C20H19NO5S. The topological polar surface area (TPSA) is 92.3 Å². The Kier molecular flexibility index (Phi) is 6.16. The van der Waals surface area contributed by atoms with Crippen LogP contribution in [0.3, 0.4) is 0 Å². The standard InChI is InChI=1S/C20H19NO5S/c1-25-15-7-2-13(3-8-15)4-11-18(22)26-16-9-5-14(6-10-16)19-21-17(12-27-19)20(23)24/h2-11,17,19,21H,12H2,1H3,(H,23,24)/b11-4-/t17-,19-/m0/s1. The van der Waals surface area contributed by atoms with Gasteiger partial charge < -0.3 is 24.7 Å². The Bertz CT molecular complexity index is 832. The van der Waals surface area contributed by atoms with Gasteiger partial charge >= 0.3 is 5.97 Å². The highest BCUT2D eigenvalue weighted by Gasteiger charge is 2.30. The Labute approximate surface area is 161 Å². The van der Waals surface area contributed by atoms with Crippen molar-refractivity contribution in [3.63, 3.8) is 0 Å². The van der Waals surface area contributed by atoms with Crippen LogP contribution in [0.4, 0.5) is 0 Å². The van der Waals surface area contributed by atoms with Gasteiger partial charge in [0.15, 0.2) is 5.37 Å². The van der Waals surface area contributed by atoms with Gasteiger partial charge in [-0.05, 0) is 48.0 Å². The number of esters is 1. The Morgan fingerprint density at radius 2 is 1.78 bits per heavy atom. The van der Waals surface area contributed by atoms with Gasteiger partial charge in [0, 0.05) is 11.6 Å². The van der Waals surface area contributed by atoms with E-state index in [1.165, 1.54) is 6.08 Å². The summed E-state index contributed by atoms with van der Waals surface area (Å²) < 4.78 is 10.4. The predicted molar refractivity (Wildman–Crippen MR) is 100 cm³/mol. The summed E-state index contributed by atoms with van der Waals surface area (Å²) in [5.74, 6) is 0.178. The molecule has 7 heteroatoms. The Morgan fingerprint density at radius 3 is 2.37 bits per heavy atom. The van der Waals surface area contributed by atoms with Gasteiger partial charge in [0.05, 0.1) is 12.9 Å². The summed E-state index contributed by atoms with van der Waals surface area (Å²) in [6, 6.07) is 13.9. The third-order valence-electron chi connectivity index (χ3n) is 4.12. The number of hydrogen-bond donors (Lipinski definition) is 1. The van der Waals surface area contributed by atoms with Crippen molar-refractivity contribution in [1.29, 1.82) is 0 Å². The Morgan fingerprint density at radius 1 is 1.11 bits per heavy atom. The molecule has 0 saturated carbocycles. The summed E-state index contributed by atoms with van der Waals surface area (Å²) in [4.78, 5) is 22.9. The highest BCUT2D eigenvalue weighted by Crippen LogP contribution is 2.28. The second kappa shape index (κ2) is 8.75. The molecule has 0 bridgehead atoms. The van der Waals surface area contributed by atoms with Gasteiger partial charge in [-0.15, -0.1) is 0 Å². The van der Waals surface area contributed by atoms with Crippen molar-refractivity contribution in [2.24, 2.45) is 0 Å². The highest BCUT2D eigenvalue weighted by atomic mass is 32.2. The minimum Gasteiger partial charge on any atom is -0.544 e. The Balaban J connectivity index is 1.55. The summed E-state index contributed by atoms with van der Waals surface area (Å²) in [5.41, 5.74) is 1.83. The monoisotopic (exact) mass is 385 g/mol.